The summed E-state index contributed by atoms with van der Waals surface area (Å²) in [5.41, 5.74) is 0.553. The van der Waals surface area contributed by atoms with Gasteiger partial charge in [-0.3, -0.25) is 9.59 Å². The second kappa shape index (κ2) is 7.00. The Bertz CT molecular complexity index is 437. The molecule has 0 radical (unpaired) electrons. The van der Waals surface area contributed by atoms with Crippen molar-refractivity contribution in [1.29, 1.82) is 0 Å². The molecule has 6 heteroatoms. The predicted octanol–water partition coefficient (Wildman–Crippen LogP) is 1.44. The normalized spacial score (nSPS) is 9.94. The second-order valence-electron chi connectivity index (χ2n) is 3.61. The number of esters is 1. The van der Waals surface area contributed by atoms with Crippen molar-refractivity contribution in [2.24, 2.45) is 0 Å². The van der Waals surface area contributed by atoms with Gasteiger partial charge in [-0.2, -0.15) is 0 Å². The van der Waals surface area contributed by atoms with Crippen molar-refractivity contribution >= 4 is 23.6 Å². The lowest BCUT2D eigenvalue weighted by Gasteiger charge is -2.17. The van der Waals surface area contributed by atoms with Crippen molar-refractivity contribution < 1.29 is 14.3 Å². The summed E-state index contributed by atoms with van der Waals surface area (Å²) in [4.78, 5) is 28.8. The van der Waals surface area contributed by atoms with Crippen molar-refractivity contribution in [2.45, 2.75) is 11.4 Å². The molecule has 0 aliphatic heterocycles. The van der Waals surface area contributed by atoms with Crippen LogP contribution in [0.2, 0.25) is 0 Å². The van der Waals surface area contributed by atoms with Crippen molar-refractivity contribution in [3.05, 3.63) is 23.9 Å². The summed E-state index contributed by atoms with van der Waals surface area (Å²) >= 11 is 1.42. The number of methoxy groups -OCH3 is 1. The Morgan fingerprint density at radius 3 is 2.83 bits per heavy atom. The maximum absolute atomic E-state index is 12.1. The number of ether oxygens (including phenoxy) is 1. The molecule has 0 aliphatic carbocycles. The Balaban J connectivity index is 2.71. The van der Waals surface area contributed by atoms with Gasteiger partial charge in [0.15, 0.2) is 0 Å². The van der Waals surface area contributed by atoms with Crippen LogP contribution >= 0.6 is 11.8 Å². The molecule has 1 aromatic rings. The summed E-state index contributed by atoms with van der Waals surface area (Å²) in [6.07, 6.45) is 3.71. The molecule has 18 heavy (non-hydrogen) atoms. The Morgan fingerprint density at radius 2 is 2.22 bits per heavy atom. The molecule has 1 amide bonds. The van der Waals surface area contributed by atoms with Gasteiger partial charge in [-0.15, -0.1) is 11.8 Å². The van der Waals surface area contributed by atoms with Crippen LogP contribution in [-0.4, -0.2) is 48.7 Å². The molecule has 0 saturated carbocycles. The summed E-state index contributed by atoms with van der Waals surface area (Å²) < 4.78 is 4.54. The van der Waals surface area contributed by atoms with Crippen LogP contribution in [-0.2, 0) is 9.53 Å². The number of hydrogen-bond acceptors (Lipinski definition) is 5. The van der Waals surface area contributed by atoms with Crippen molar-refractivity contribution in [3.63, 3.8) is 0 Å². The van der Waals surface area contributed by atoms with Gasteiger partial charge in [0.25, 0.3) is 5.91 Å². The van der Waals surface area contributed by atoms with E-state index in [1.54, 1.807) is 25.4 Å². The lowest BCUT2D eigenvalue weighted by molar-refractivity contribution is -0.140. The molecule has 0 aliphatic rings. The highest BCUT2D eigenvalue weighted by atomic mass is 32.2. The zero-order valence-corrected chi connectivity index (χ0v) is 11.5. The van der Waals surface area contributed by atoms with E-state index in [4.69, 9.17) is 0 Å². The largest absolute Gasteiger partial charge is 0.469 e. The maximum atomic E-state index is 12.1. The number of thioether (sulfide) groups is 1. The number of amides is 1. The number of nitrogens with zero attached hydrogens (tertiary/aromatic N) is 2. The summed E-state index contributed by atoms with van der Waals surface area (Å²) in [6, 6.07) is 3.46. The maximum Gasteiger partial charge on any atom is 0.307 e. The van der Waals surface area contributed by atoms with Crippen molar-refractivity contribution in [1.82, 2.24) is 9.88 Å². The molecule has 0 N–H and O–H groups in total. The van der Waals surface area contributed by atoms with Gasteiger partial charge < -0.3 is 9.64 Å². The summed E-state index contributed by atoms with van der Waals surface area (Å²) in [7, 11) is 2.99. The molecule has 5 nitrogen and oxygen atoms in total. The molecule has 0 spiro atoms. The molecule has 0 unspecified atom stereocenters. The first-order valence-corrected chi connectivity index (χ1v) is 6.64. The van der Waals surface area contributed by atoms with Crippen LogP contribution < -0.4 is 0 Å². The van der Waals surface area contributed by atoms with Gasteiger partial charge >= 0.3 is 5.97 Å². The average molecular weight is 268 g/mol. The Kier molecular flexibility index (Phi) is 5.64. The quantitative estimate of drug-likeness (QED) is 0.597. The van der Waals surface area contributed by atoms with Crippen LogP contribution in [0.25, 0.3) is 0 Å². The van der Waals surface area contributed by atoms with Crippen LogP contribution in [0.4, 0.5) is 0 Å². The molecular formula is C12H16N2O3S. The van der Waals surface area contributed by atoms with E-state index in [1.165, 1.54) is 23.8 Å². The van der Waals surface area contributed by atoms with Crippen LogP contribution in [0, 0.1) is 0 Å². The van der Waals surface area contributed by atoms with Gasteiger partial charge in [0.2, 0.25) is 0 Å². The number of aromatic nitrogens is 1. The standard InChI is InChI=1S/C12H16N2O3S/c1-14(8-6-10(15)17-2)12(16)9-5-4-7-13-11(9)18-3/h4-5,7H,6,8H2,1-3H3. The lowest BCUT2D eigenvalue weighted by Crippen LogP contribution is -2.29. The number of carbonyl (C=O) groups excluding carboxylic acids is 2. The Labute approximate surface area is 111 Å². The lowest BCUT2D eigenvalue weighted by atomic mass is 10.2. The monoisotopic (exact) mass is 268 g/mol. The molecule has 0 atom stereocenters. The topological polar surface area (TPSA) is 59.5 Å². The van der Waals surface area contributed by atoms with Gasteiger partial charge in [-0.05, 0) is 18.4 Å². The number of carbonyl (C=O) groups is 2. The van der Waals surface area contributed by atoms with Crippen molar-refractivity contribution in [3.8, 4) is 0 Å². The number of pyridine rings is 1. The highest BCUT2D eigenvalue weighted by Gasteiger charge is 2.16. The van der Waals surface area contributed by atoms with E-state index in [1.807, 2.05) is 6.26 Å². The summed E-state index contributed by atoms with van der Waals surface area (Å²) in [5, 5.41) is 0.687. The average Bonchev–Trinajstić information content (AvgIpc) is 2.43. The minimum Gasteiger partial charge on any atom is -0.469 e. The molecule has 0 fully saturated rings. The molecule has 1 aromatic heterocycles. The molecule has 0 aromatic carbocycles. The minimum atomic E-state index is -0.328. The van der Waals surface area contributed by atoms with Crippen LogP contribution in [0.3, 0.4) is 0 Å². The third-order valence-corrected chi connectivity index (χ3v) is 3.13. The molecule has 1 rings (SSSR count). The van der Waals surface area contributed by atoms with E-state index in [2.05, 4.69) is 9.72 Å². The zero-order valence-electron chi connectivity index (χ0n) is 10.7. The second-order valence-corrected chi connectivity index (χ2v) is 4.41. The Morgan fingerprint density at radius 1 is 1.50 bits per heavy atom. The number of hydrogen-bond donors (Lipinski definition) is 0. The highest BCUT2D eigenvalue weighted by molar-refractivity contribution is 7.98. The van der Waals surface area contributed by atoms with Crippen LogP contribution in [0.1, 0.15) is 16.8 Å². The fraction of sp³-hybridized carbons (Fsp3) is 0.417. The summed E-state index contributed by atoms with van der Waals surface area (Å²) in [6.45, 7) is 0.328. The molecule has 98 valence electrons. The SMILES string of the molecule is COC(=O)CCN(C)C(=O)c1cccnc1SC. The summed E-state index contributed by atoms with van der Waals surface area (Å²) in [5.74, 6) is -0.470. The van der Waals surface area contributed by atoms with Gasteiger partial charge in [0.05, 0.1) is 19.1 Å². The smallest absolute Gasteiger partial charge is 0.307 e. The first kappa shape index (κ1) is 14.5. The van der Waals surface area contributed by atoms with Gasteiger partial charge in [-0.1, -0.05) is 0 Å². The molecule has 0 saturated heterocycles. The third-order valence-electron chi connectivity index (χ3n) is 2.42. The third kappa shape index (κ3) is 3.73. The van der Waals surface area contributed by atoms with Gasteiger partial charge in [-0.25, -0.2) is 4.98 Å². The van der Waals surface area contributed by atoms with E-state index in [0.29, 0.717) is 17.1 Å². The van der Waals surface area contributed by atoms with Crippen LogP contribution in [0.5, 0.6) is 0 Å². The van der Waals surface area contributed by atoms with Gasteiger partial charge in [0, 0.05) is 19.8 Å². The first-order valence-electron chi connectivity index (χ1n) is 5.41. The van der Waals surface area contributed by atoms with E-state index in [0.717, 1.165) is 0 Å². The van der Waals surface area contributed by atoms with Crippen molar-refractivity contribution in [2.75, 3.05) is 27.0 Å². The predicted molar refractivity (Wildman–Crippen MR) is 69.6 cm³/mol. The fourth-order valence-corrected chi connectivity index (χ4v) is 1.93. The number of rotatable bonds is 5. The Hall–Kier alpha value is -1.56. The van der Waals surface area contributed by atoms with E-state index in [9.17, 15) is 9.59 Å². The fourth-order valence-electron chi connectivity index (χ4n) is 1.38. The first-order chi connectivity index (χ1) is 8.60. The highest BCUT2D eigenvalue weighted by Crippen LogP contribution is 2.18. The van der Waals surface area contributed by atoms with E-state index in [-0.39, 0.29) is 18.3 Å². The van der Waals surface area contributed by atoms with E-state index >= 15 is 0 Å². The van der Waals surface area contributed by atoms with Crippen LogP contribution in [0.15, 0.2) is 23.4 Å². The molecular weight excluding hydrogens is 252 g/mol. The zero-order chi connectivity index (χ0) is 13.5. The molecule has 0 bridgehead atoms. The molecule has 1 heterocycles. The van der Waals surface area contributed by atoms with E-state index < -0.39 is 0 Å². The minimum absolute atomic E-state index is 0.142. The van der Waals surface area contributed by atoms with Gasteiger partial charge in [0.1, 0.15) is 5.03 Å².